The molecule has 148 valence electrons. The highest BCUT2D eigenvalue weighted by Gasteiger charge is 2.26. The number of hydrogen-bond acceptors (Lipinski definition) is 4. The maximum absolute atomic E-state index is 12.7. The molecule has 2 fully saturated rings. The molecule has 0 bridgehead atoms. The fourth-order valence-electron chi connectivity index (χ4n) is 4.19. The summed E-state index contributed by atoms with van der Waals surface area (Å²) < 4.78 is 0. The highest BCUT2D eigenvalue weighted by molar-refractivity contribution is 5.78. The lowest BCUT2D eigenvalue weighted by atomic mass is 9.93. The van der Waals surface area contributed by atoms with Crippen molar-refractivity contribution in [2.75, 3.05) is 50.7 Å². The number of carbonyl (C=O) groups excluding carboxylic acids is 1. The van der Waals surface area contributed by atoms with Crippen molar-refractivity contribution in [3.05, 3.63) is 29.8 Å². The molecule has 1 aromatic carbocycles. The predicted molar refractivity (Wildman–Crippen MR) is 106 cm³/mol. The molecule has 1 atom stereocenters. The number of anilines is 1. The number of amides is 1. The number of aliphatic carboxylic acids is 1. The van der Waals surface area contributed by atoms with Crippen LogP contribution in [0, 0.1) is 12.8 Å². The summed E-state index contributed by atoms with van der Waals surface area (Å²) in [4.78, 5) is 30.0. The molecule has 0 spiro atoms. The quantitative estimate of drug-likeness (QED) is 0.828. The molecule has 2 saturated heterocycles. The highest BCUT2D eigenvalue weighted by atomic mass is 16.4. The van der Waals surface area contributed by atoms with E-state index in [1.807, 2.05) is 4.90 Å². The van der Waals surface area contributed by atoms with Crippen molar-refractivity contribution in [3.63, 3.8) is 0 Å². The summed E-state index contributed by atoms with van der Waals surface area (Å²) in [6, 6.07) is 8.52. The average Bonchev–Trinajstić information content (AvgIpc) is 2.67. The number of carbonyl (C=O) groups is 2. The maximum Gasteiger partial charge on any atom is 0.303 e. The summed E-state index contributed by atoms with van der Waals surface area (Å²) in [6.07, 6.45) is 3.08. The summed E-state index contributed by atoms with van der Waals surface area (Å²) >= 11 is 0. The van der Waals surface area contributed by atoms with E-state index < -0.39 is 5.97 Å². The van der Waals surface area contributed by atoms with E-state index in [2.05, 4.69) is 41.0 Å². The Morgan fingerprint density at radius 2 is 1.93 bits per heavy atom. The lowest BCUT2D eigenvalue weighted by Crippen LogP contribution is -2.52. The third-order valence-electron chi connectivity index (χ3n) is 5.73. The molecule has 2 heterocycles. The van der Waals surface area contributed by atoms with Crippen LogP contribution >= 0.6 is 0 Å². The van der Waals surface area contributed by atoms with Crippen LogP contribution in [0.5, 0.6) is 0 Å². The number of rotatable bonds is 6. The zero-order valence-corrected chi connectivity index (χ0v) is 16.3. The van der Waals surface area contributed by atoms with E-state index in [1.54, 1.807) is 0 Å². The van der Waals surface area contributed by atoms with Crippen LogP contribution in [0.4, 0.5) is 5.69 Å². The normalized spacial score (nSPS) is 21.3. The Balaban J connectivity index is 1.44. The van der Waals surface area contributed by atoms with Gasteiger partial charge in [0.25, 0.3) is 0 Å². The number of carboxylic acids is 1. The molecular formula is C21H31N3O3. The number of aryl methyl sites for hydroxylation is 1. The Hall–Kier alpha value is -2.08. The molecule has 2 aliphatic heterocycles. The average molecular weight is 373 g/mol. The Bertz CT molecular complexity index is 656. The summed E-state index contributed by atoms with van der Waals surface area (Å²) in [7, 11) is 0. The Morgan fingerprint density at radius 3 is 2.63 bits per heavy atom. The molecule has 6 nitrogen and oxygen atoms in total. The van der Waals surface area contributed by atoms with Gasteiger partial charge in [-0.3, -0.25) is 14.5 Å². The first-order valence-electron chi connectivity index (χ1n) is 10.0. The number of benzene rings is 1. The summed E-state index contributed by atoms with van der Waals surface area (Å²) in [6.45, 7) is 7.64. The lowest BCUT2D eigenvalue weighted by molar-refractivity contribution is -0.138. The molecule has 1 amide bonds. The van der Waals surface area contributed by atoms with Gasteiger partial charge in [0.2, 0.25) is 5.91 Å². The van der Waals surface area contributed by atoms with Gasteiger partial charge >= 0.3 is 5.97 Å². The van der Waals surface area contributed by atoms with Crippen LogP contribution in [0.2, 0.25) is 0 Å². The second-order valence-electron chi connectivity index (χ2n) is 7.88. The van der Waals surface area contributed by atoms with Crippen molar-refractivity contribution >= 4 is 17.6 Å². The van der Waals surface area contributed by atoms with Crippen LogP contribution in [-0.4, -0.2) is 72.6 Å². The van der Waals surface area contributed by atoms with Crippen molar-refractivity contribution in [1.82, 2.24) is 9.80 Å². The van der Waals surface area contributed by atoms with Gasteiger partial charge in [-0.25, -0.2) is 0 Å². The zero-order chi connectivity index (χ0) is 19.2. The summed E-state index contributed by atoms with van der Waals surface area (Å²) in [5.74, 6) is -0.117. The number of piperazine rings is 1. The van der Waals surface area contributed by atoms with Crippen molar-refractivity contribution in [2.24, 2.45) is 5.92 Å². The van der Waals surface area contributed by atoms with Crippen LogP contribution in [0.25, 0.3) is 0 Å². The van der Waals surface area contributed by atoms with E-state index in [0.29, 0.717) is 12.5 Å². The van der Waals surface area contributed by atoms with Gasteiger partial charge in [0.1, 0.15) is 0 Å². The van der Waals surface area contributed by atoms with Crippen molar-refractivity contribution in [1.29, 1.82) is 0 Å². The minimum atomic E-state index is -0.727. The van der Waals surface area contributed by atoms with Gasteiger partial charge in [-0.05, 0) is 56.3 Å². The number of nitrogens with zero attached hydrogens (tertiary/aromatic N) is 3. The van der Waals surface area contributed by atoms with Crippen LogP contribution < -0.4 is 4.90 Å². The SMILES string of the molecule is Cc1cccc(N2CCN(C(=O)CN3CCCC(CCC(=O)O)C3)CC2)c1. The van der Waals surface area contributed by atoms with Gasteiger partial charge in [-0.2, -0.15) is 0 Å². The third-order valence-corrected chi connectivity index (χ3v) is 5.73. The monoisotopic (exact) mass is 373 g/mol. The van der Waals surface area contributed by atoms with Gasteiger partial charge < -0.3 is 14.9 Å². The molecule has 2 aliphatic rings. The third kappa shape index (κ3) is 5.70. The fraction of sp³-hybridized carbons (Fsp3) is 0.619. The number of likely N-dealkylation sites (tertiary alicyclic amines) is 1. The van der Waals surface area contributed by atoms with Gasteiger partial charge in [0.15, 0.2) is 0 Å². The molecule has 0 saturated carbocycles. The van der Waals surface area contributed by atoms with E-state index >= 15 is 0 Å². The Kier molecular flexibility index (Phi) is 6.72. The predicted octanol–water partition coefficient (Wildman–Crippen LogP) is 2.22. The topological polar surface area (TPSA) is 64.1 Å². The maximum atomic E-state index is 12.7. The summed E-state index contributed by atoms with van der Waals surface area (Å²) in [5, 5.41) is 8.87. The molecular weight excluding hydrogens is 342 g/mol. The fourth-order valence-corrected chi connectivity index (χ4v) is 4.19. The highest BCUT2D eigenvalue weighted by Crippen LogP contribution is 2.22. The van der Waals surface area contributed by atoms with E-state index in [-0.39, 0.29) is 12.3 Å². The second kappa shape index (κ2) is 9.22. The molecule has 6 heteroatoms. The van der Waals surface area contributed by atoms with Crippen molar-refractivity contribution in [3.8, 4) is 0 Å². The number of hydrogen-bond donors (Lipinski definition) is 1. The molecule has 0 radical (unpaired) electrons. The van der Waals surface area contributed by atoms with Crippen LogP contribution in [0.1, 0.15) is 31.2 Å². The lowest BCUT2D eigenvalue weighted by Gasteiger charge is -2.38. The van der Waals surface area contributed by atoms with Gasteiger partial charge in [-0.15, -0.1) is 0 Å². The minimum absolute atomic E-state index is 0.206. The molecule has 3 rings (SSSR count). The second-order valence-corrected chi connectivity index (χ2v) is 7.88. The number of carboxylic acid groups (broad SMARTS) is 1. The van der Waals surface area contributed by atoms with Crippen LogP contribution in [0.3, 0.4) is 0 Å². The molecule has 1 unspecified atom stereocenters. The first kappa shape index (κ1) is 19.7. The molecule has 27 heavy (non-hydrogen) atoms. The van der Waals surface area contributed by atoms with Crippen molar-refractivity contribution < 1.29 is 14.7 Å². The Morgan fingerprint density at radius 1 is 1.15 bits per heavy atom. The zero-order valence-electron chi connectivity index (χ0n) is 16.3. The van der Waals surface area contributed by atoms with E-state index in [9.17, 15) is 9.59 Å². The largest absolute Gasteiger partial charge is 0.481 e. The van der Waals surface area contributed by atoms with E-state index in [1.165, 1.54) is 11.3 Å². The van der Waals surface area contributed by atoms with Gasteiger partial charge in [0, 0.05) is 44.8 Å². The first-order chi connectivity index (χ1) is 13.0. The van der Waals surface area contributed by atoms with Crippen molar-refractivity contribution in [2.45, 2.75) is 32.6 Å². The molecule has 1 aromatic rings. The number of piperidine rings is 1. The van der Waals surface area contributed by atoms with Gasteiger partial charge in [0.05, 0.1) is 6.54 Å². The first-order valence-corrected chi connectivity index (χ1v) is 10.0. The molecule has 1 N–H and O–H groups in total. The molecule has 0 aliphatic carbocycles. The smallest absolute Gasteiger partial charge is 0.303 e. The standard InChI is InChI=1S/C21H31N3O3/c1-17-4-2-6-19(14-17)23-10-12-24(13-11-23)20(25)16-22-9-3-5-18(15-22)7-8-21(26)27/h2,4,6,14,18H,3,5,7-13,15-16H2,1H3,(H,26,27). The van der Waals surface area contributed by atoms with E-state index in [4.69, 9.17) is 5.11 Å². The Labute approximate surface area is 161 Å². The van der Waals surface area contributed by atoms with E-state index in [0.717, 1.165) is 58.5 Å². The minimum Gasteiger partial charge on any atom is -0.481 e. The van der Waals surface area contributed by atoms with Gasteiger partial charge in [-0.1, -0.05) is 12.1 Å². The van der Waals surface area contributed by atoms with Crippen LogP contribution in [-0.2, 0) is 9.59 Å². The summed E-state index contributed by atoms with van der Waals surface area (Å²) in [5.41, 5.74) is 2.49. The van der Waals surface area contributed by atoms with Crippen LogP contribution in [0.15, 0.2) is 24.3 Å². The molecule has 0 aromatic heterocycles.